The molecule has 0 aromatic heterocycles. The number of anilines is 2. The Balaban J connectivity index is 2.01. The van der Waals surface area contributed by atoms with Crippen molar-refractivity contribution in [3.63, 3.8) is 0 Å². The van der Waals surface area contributed by atoms with Gasteiger partial charge in [0.05, 0.1) is 17.2 Å². The summed E-state index contributed by atoms with van der Waals surface area (Å²) >= 11 is 6.13. The van der Waals surface area contributed by atoms with Crippen molar-refractivity contribution >= 4 is 38.9 Å². The minimum atomic E-state index is -4.03. The van der Waals surface area contributed by atoms with Gasteiger partial charge in [0.1, 0.15) is 12.3 Å². The number of para-hydroxylation sites is 2. The van der Waals surface area contributed by atoms with E-state index < -0.39 is 22.5 Å². The van der Waals surface area contributed by atoms with Crippen LogP contribution >= 0.6 is 11.6 Å². The minimum Gasteiger partial charge on any atom is -0.492 e. The number of hydrogen-bond donors (Lipinski definition) is 1. The van der Waals surface area contributed by atoms with E-state index in [9.17, 15) is 13.2 Å². The predicted octanol–water partition coefficient (Wildman–Crippen LogP) is 4.88. The topological polar surface area (TPSA) is 75.7 Å². The van der Waals surface area contributed by atoms with Gasteiger partial charge in [0.15, 0.2) is 0 Å². The van der Waals surface area contributed by atoms with Crippen molar-refractivity contribution in [3.8, 4) is 5.75 Å². The molecule has 0 aliphatic carbocycles. The third kappa shape index (κ3) is 5.18. The van der Waals surface area contributed by atoms with Crippen LogP contribution in [0, 0.1) is 6.92 Å². The van der Waals surface area contributed by atoms with E-state index in [2.05, 4.69) is 5.32 Å². The first-order valence-electron chi connectivity index (χ1n) is 9.69. The zero-order valence-electron chi connectivity index (χ0n) is 17.2. The molecule has 3 aromatic rings. The molecule has 0 unspecified atom stereocenters. The van der Waals surface area contributed by atoms with Gasteiger partial charge in [-0.25, -0.2) is 8.42 Å². The number of halogens is 1. The third-order valence-electron chi connectivity index (χ3n) is 4.59. The van der Waals surface area contributed by atoms with E-state index in [0.717, 1.165) is 4.31 Å². The highest BCUT2D eigenvalue weighted by Gasteiger charge is 2.29. The van der Waals surface area contributed by atoms with Gasteiger partial charge in [-0.05, 0) is 55.8 Å². The minimum absolute atomic E-state index is 0.0769. The molecule has 0 radical (unpaired) electrons. The van der Waals surface area contributed by atoms with E-state index >= 15 is 0 Å². The molecule has 0 spiro atoms. The molecular weight excluding hydrogens is 436 g/mol. The Labute approximate surface area is 187 Å². The molecule has 0 saturated carbocycles. The molecule has 0 heterocycles. The summed E-state index contributed by atoms with van der Waals surface area (Å²) in [7, 11) is -4.03. The smallest absolute Gasteiger partial charge is 0.264 e. The lowest BCUT2D eigenvalue weighted by atomic mass is 10.2. The Hall–Kier alpha value is -3.03. The van der Waals surface area contributed by atoms with Crippen LogP contribution in [-0.2, 0) is 14.8 Å². The molecule has 0 aliphatic rings. The molecule has 1 N–H and O–H groups in total. The van der Waals surface area contributed by atoms with E-state index in [-0.39, 0.29) is 10.6 Å². The van der Waals surface area contributed by atoms with Crippen LogP contribution in [0.3, 0.4) is 0 Å². The molecule has 8 heteroatoms. The second kappa shape index (κ2) is 9.85. The first-order valence-corrected chi connectivity index (χ1v) is 11.5. The van der Waals surface area contributed by atoms with Crippen molar-refractivity contribution in [2.45, 2.75) is 18.7 Å². The van der Waals surface area contributed by atoms with Crippen molar-refractivity contribution in [1.82, 2.24) is 0 Å². The van der Waals surface area contributed by atoms with Crippen LogP contribution < -0.4 is 14.4 Å². The SMILES string of the molecule is CCOc1ccccc1N(CC(=O)Nc1cccc(Cl)c1C)S(=O)(=O)c1ccccc1. The molecule has 0 saturated heterocycles. The molecular formula is C23H23ClN2O4S. The zero-order chi connectivity index (χ0) is 22.4. The normalized spacial score (nSPS) is 11.1. The van der Waals surface area contributed by atoms with Gasteiger partial charge in [0, 0.05) is 10.7 Å². The van der Waals surface area contributed by atoms with Crippen LogP contribution in [0.25, 0.3) is 0 Å². The van der Waals surface area contributed by atoms with Crippen molar-refractivity contribution in [2.24, 2.45) is 0 Å². The molecule has 0 atom stereocenters. The van der Waals surface area contributed by atoms with Crippen molar-refractivity contribution in [3.05, 3.63) is 83.4 Å². The quantitative estimate of drug-likeness (QED) is 0.522. The number of hydrogen-bond acceptors (Lipinski definition) is 4. The van der Waals surface area contributed by atoms with Crippen molar-refractivity contribution in [1.29, 1.82) is 0 Å². The van der Waals surface area contributed by atoms with E-state index in [1.165, 1.54) is 12.1 Å². The number of nitrogens with one attached hydrogen (secondary N) is 1. The van der Waals surface area contributed by atoms with Crippen LogP contribution in [-0.4, -0.2) is 27.5 Å². The van der Waals surface area contributed by atoms with Crippen LogP contribution in [0.15, 0.2) is 77.7 Å². The Morgan fingerprint density at radius 3 is 2.39 bits per heavy atom. The summed E-state index contributed by atoms with van der Waals surface area (Å²) in [6, 6.07) is 19.9. The largest absolute Gasteiger partial charge is 0.492 e. The molecule has 0 aliphatic heterocycles. The van der Waals surface area contributed by atoms with Gasteiger partial charge in [0.2, 0.25) is 5.91 Å². The Kier molecular flexibility index (Phi) is 7.20. The highest BCUT2D eigenvalue weighted by molar-refractivity contribution is 7.92. The lowest BCUT2D eigenvalue weighted by molar-refractivity contribution is -0.114. The van der Waals surface area contributed by atoms with Gasteiger partial charge in [-0.2, -0.15) is 0 Å². The van der Waals surface area contributed by atoms with Gasteiger partial charge in [-0.3, -0.25) is 9.10 Å². The number of carbonyl (C=O) groups excluding carboxylic acids is 1. The fourth-order valence-corrected chi connectivity index (χ4v) is 4.65. The number of nitrogens with zero attached hydrogens (tertiary/aromatic N) is 1. The summed E-state index contributed by atoms with van der Waals surface area (Å²) in [5.74, 6) is -0.132. The van der Waals surface area contributed by atoms with Crippen LogP contribution in [0.2, 0.25) is 5.02 Å². The second-order valence-electron chi connectivity index (χ2n) is 6.69. The van der Waals surface area contributed by atoms with Gasteiger partial charge < -0.3 is 10.1 Å². The number of amides is 1. The van der Waals surface area contributed by atoms with Gasteiger partial charge in [-0.15, -0.1) is 0 Å². The summed E-state index contributed by atoms with van der Waals surface area (Å²) in [5, 5.41) is 3.26. The Morgan fingerprint density at radius 2 is 1.68 bits per heavy atom. The fraction of sp³-hybridized carbons (Fsp3) is 0.174. The van der Waals surface area contributed by atoms with Crippen LogP contribution in [0.1, 0.15) is 12.5 Å². The lowest BCUT2D eigenvalue weighted by Crippen LogP contribution is -2.38. The number of carbonyl (C=O) groups is 1. The molecule has 1 amide bonds. The molecule has 6 nitrogen and oxygen atoms in total. The van der Waals surface area contributed by atoms with E-state index in [0.29, 0.717) is 28.6 Å². The molecule has 0 fully saturated rings. The number of rotatable bonds is 8. The van der Waals surface area contributed by atoms with Crippen LogP contribution in [0.4, 0.5) is 11.4 Å². The summed E-state index contributed by atoms with van der Waals surface area (Å²) in [5.41, 5.74) is 1.50. The standard InChI is InChI=1S/C23H23ClN2O4S/c1-3-30-22-15-8-7-14-21(22)26(31(28,29)18-10-5-4-6-11-18)16-23(27)25-20-13-9-12-19(24)17(20)2/h4-15H,3,16H2,1-2H3,(H,25,27). The fourth-order valence-electron chi connectivity index (χ4n) is 3.02. The first-order chi connectivity index (χ1) is 14.8. The molecule has 3 rings (SSSR count). The summed E-state index contributed by atoms with van der Waals surface area (Å²) in [4.78, 5) is 13.0. The average Bonchev–Trinajstić information content (AvgIpc) is 2.76. The number of benzene rings is 3. The Bertz CT molecular complexity index is 1170. The highest BCUT2D eigenvalue weighted by atomic mass is 35.5. The van der Waals surface area contributed by atoms with Gasteiger partial charge >= 0.3 is 0 Å². The van der Waals surface area contributed by atoms with E-state index in [1.54, 1.807) is 74.5 Å². The Morgan fingerprint density at radius 1 is 1.00 bits per heavy atom. The molecule has 162 valence electrons. The summed E-state index contributed by atoms with van der Waals surface area (Å²) in [6.07, 6.45) is 0. The van der Waals surface area contributed by atoms with Crippen LogP contribution in [0.5, 0.6) is 5.75 Å². The lowest BCUT2D eigenvalue weighted by Gasteiger charge is -2.26. The average molecular weight is 459 g/mol. The summed E-state index contributed by atoms with van der Waals surface area (Å²) in [6.45, 7) is 3.50. The number of ether oxygens (including phenoxy) is 1. The van der Waals surface area contributed by atoms with Crippen molar-refractivity contribution < 1.29 is 17.9 Å². The highest BCUT2D eigenvalue weighted by Crippen LogP contribution is 2.32. The molecule has 3 aromatic carbocycles. The monoisotopic (exact) mass is 458 g/mol. The molecule has 0 bridgehead atoms. The van der Waals surface area contributed by atoms with Gasteiger partial charge in [0.25, 0.3) is 10.0 Å². The third-order valence-corrected chi connectivity index (χ3v) is 6.78. The van der Waals surface area contributed by atoms with E-state index in [1.807, 2.05) is 0 Å². The second-order valence-corrected chi connectivity index (χ2v) is 8.96. The maximum atomic E-state index is 13.5. The summed E-state index contributed by atoms with van der Waals surface area (Å²) < 4.78 is 33.6. The maximum absolute atomic E-state index is 13.5. The predicted molar refractivity (Wildman–Crippen MR) is 123 cm³/mol. The zero-order valence-corrected chi connectivity index (χ0v) is 18.8. The maximum Gasteiger partial charge on any atom is 0.264 e. The molecule has 31 heavy (non-hydrogen) atoms. The van der Waals surface area contributed by atoms with Crippen molar-refractivity contribution in [2.75, 3.05) is 22.8 Å². The first kappa shape index (κ1) is 22.7. The number of sulfonamides is 1. The van der Waals surface area contributed by atoms with Gasteiger partial charge in [-0.1, -0.05) is 48.0 Å². The van der Waals surface area contributed by atoms with E-state index in [4.69, 9.17) is 16.3 Å².